The molecular weight excluding hydrogens is 416 g/mol. The van der Waals surface area contributed by atoms with Gasteiger partial charge in [-0.1, -0.05) is 60.8 Å². The van der Waals surface area contributed by atoms with Gasteiger partial charge in [0, 0.05) is 22.3 Å². The molecule has 2 amide bonds. The quantitative estimate of drug-likeness (QED) is 0.442. The zero-order valence-electron chi connectivity index (χ0n) is 15.7. The first-order chi connectivity index (χ1) is 14.3. The third kappa shape index (κ3) is 5.05. The lowest BCUT2D eigenvalue weighted by molar-refractivity contribution is 0.101. The zero-order chi connectivity index (χ0) is 21.7. The third-order valence-corrected chi connectivity index (χ3v) is 4.76. The first-order valence-corrected chi connectivity index (χ1v) is 9.68. The van der Waals surface area contributed by atoms with E-state index in [2.05, 4.69) is 10.6 Å². The summed E-state index contributed by atoms with van der Waals surface area (Å²) in [6.07, 6.45) is 0. The van der Waals surface area contributed by atoms with E-state index in [4.69, 9.17) is 35.9 Å². The number of hydrogen-bond donors (Lipinski definition) is 4. The Balaban J connectivity index is 1.75. The Morgan fingerprint density at radius 2 is 0.867 bits per heavy atom. The number of nitrogens with one attached hydrogen (secondary N) is 2. The van der Waals surface area contributed by atoms with Crippen molar-refractivity contribution in [3.63, 3.8) is 0 Å². The smallest absolute Gasteiger partial charge is 0.255 e. The van der Waals surface area contributed by atoms with Gasteiger partial charge in [0.05, 0.1) is 11.4 Å². The van der Waals surface area contributed by atoms with Gasteiger partial charge in [0.2, 0.25) is 0 Å². The number of rotatable bonds is 6. The molecule has 0 aromatic heterocycles. The summed E-state index contributed by atoms with van der Waals surface area (Å²) in [7, 11) is 0. The molecule has 0 heterocycles. The second-order valence-corrected chi connectivity index (χ2v) is 7.22. The molecule has 3 aromatic rings. The molecule has 6 nitrogen and oxygen atoms in total. The normalized spacial score (nSPS) is 10.1. The predicted octanol–water partition coefficient (Wildman–Crippen LogP) is 3.46. The number of carbonyl (C=O) groups is 2. The Hall–Kier alpha value is -3.62. The molecule has 150 valence electrons. The number of benzene rings is 3. The lowest BCUT2D eigenvalue weighted by Crippen LogP contribution is -2.17. The van der Waals surface area contributed by atoms with E-state index in [0.717, 1.165) is 0 Å². The van der Waals surface area contributed by atoms with Crippen LogP contribution in [0.2, 0.25) is 0 Å². The van der Waals surface area contributed by atoms with E-state index in [0.29, 0.717) is 33.6 Å². The van der Waals surface area contributed by atoms with E-state index in [1.165, 1.54) is 0 Å². The number of amides is 2. The van der Waals surface area contributed by atoms with E-state index in [1.807, 2.05) is 0 Å². The van der Waals surface area contributed by atoms with Crippen LogP contribution in [0.15, 0.2) is 72.8 Å². The first kappa shape index (κ1) is 21.1. The maximum absolute atomic E-state index is 12.6. The second kappa shape index (κ2) is 9.25. The molecule has 6 N–H and O–H groups in total. The van der Waals surface area contributed by atoms with Crippen molar-refractivity contribution >= 4 is 57.6 Å². The van der Waals surface area contributed by atoms with Crippen LogP contribution >= 0.6 is 24.4 Å². The topological polar surface area (TPSA) is 110 Å². The maximum Gasteiger partial charge on any atom is 0.255 e. The minimum Gasteiger partial charge on any atom is -0.389 e. The number of para-hydroxylation sites is 2. The van der Waals surface area contributed by atoms with Crippen LogP contribution in [-0.2, 0) is 0 Å². The summed E-state index contributed by atoms with van der Waals surface area (Å²) in [5.74, 6) is -0.654. The van der Waals surface area contributed by atoms with E-state index in [-0.39, 0.29) is 21.8 Å². The molecule has 30 heavy (non-hydrogen) atoms. The SMILES string of the molecule is NC(=S)c1ccc(C(=O)Nc2ccccc2NC(=O)c2ccc(C(N)=S)cc2)cc1. The van der Waals surface area contributed by atoms with Crippen LogP contribution < -0.4 is 22.1 Å². The average molecular weight is 435 g/mol. The molecule has 0 fully saturated rings. The van der Waals surface area contributed by atoms with Gasteiger partial charge in [-0.2, -0.15) is 0 Å². The highest BCUT2D eigenvalue weighted by molar-refractivity contribution is 7.80. The number of anilines is 2. The zero-order valence-corrected chi connectivity index (χ0v) is 17.3. The fourth-order valence-electron chi connectivity index (χ4n) is 2.66. The van der Waals surface area contributed by atoms with Crippen LogP contribution in [0.4, 0.5) is 11.4 Å². The fourth-order valence-corrected chi connectivity index (χ4v) is 2.93. The molecule has 0 unspecified atom stereocenters. The lowest BCUT2D eigenvalue weighted by atomic mass is 10.1. The van der Waals surface area contributed by atoms with E-state index < -0.39 is 0 Å². The van der Waals surface area contributed by atoms with Gasteiger partial charge in [-0.25, -0.2) is 0 Å². The van der Waals surface area contributed by atoms with Crippen LogP contribution in [0.1, 0.15) is 31.8 Å². The van der Waals surface area contributed by atoms with E-state index >= 15 is 0 Å². The highest BCUT2D eigenvalue weighted by Gasteiger charge is 2.12. The summed E-state index contributed by atoms with van der Waals surface area (Å²) in [6.45, 7) is 0. The largest absolute Gasteiger partial charge is 0.389 e. The number of nitrogens with two attached hydrogens (primary N) is 2. The molecular formula is C22H18N4O2S2. The Kier molecular flexibility index (Phi) is 6.51. The van der Waals surface area contributed by atoms with Crippen molar-refractivity contribution < 1.29 is 9.59 Å². The van der Waals surface area contributed by atoms with Crippen LogP contribution in [-0.4, -0.2) is 21.8 Å². The summed E-state index contributed by atoms with van der Waals surface area (Å²) in [5, 5.41) is 5.61. The Morgan fingerprint density at radius 3 is 1.17 bits per heavy atom. The van der Waals surface area contributed by atoms with Crippen molar-refractivity contribution in [2.45, 2.75) is 0 Å². The lowest BCUT2D eigenvalue weighted by Gasteiger charge is -2.13. The minimum atomic E-state index is -0.327. The van der Waals surface area contributed by atoms with Gasteiger partial charge < -0.3 is 22.1 Å². The van der Waals surface area contributed by atoms with Gasteiger partial charge in [-0.05, 0) is 36.4 Å². The molecule has 3 aromatic carbocycles. The van der Waals surface area contributed by atoms with Crippen molar-refractivity contribution in [2.24, 2.45) is 11.5 Å². The third-order valence-electron chi connectivity index (χ3n) is 4.29. The fraction of sp³-hybridized carbons (Fsp3) is 0. The molecule has 0 radical (unpaired) electrons. The summed E-state index contributed by atoms with van der Waals surface area (Å²) < 4.78 is 0. The Labute approximate surface area is 184 Å². The van der Waals surface area contributed by atoms with Gasteiger partial charge >= 0.3 is 0 Å². The molecule has 0 saturated heterocycles. The van der Waals surface area contributed by atoms with Crippen LogP contribution in [0.3, 0.4) is 0 Å². The second-order valence-electron chi connectivity index (χ2n) is 6.34. The molecule has 0 aliphatic heterocycles. The summed E-state index contributed by atoms with van der Waals surface area (Å²) in [6, 6.07) is 20.2. The molecule has 0 saturated carbocycles. The highest BCUT2D eigenvalue weighted by Crippen LogP contribution is 2.23. The van der Waals surface area contributed by atoms with Gasteiger partial charge in [0.25, 0.3) is 11.8 Å². The first-order valence-electron chi connectivity index (χ1n) is 8.86. The van der Waals surface area contributed by atoms with Crippen molar-refractivity contribution in [2.75, 3.05) is 10.6 Å². The standard InChI is InChI=1S/C22H18N4O2S2/c23-19(29)13-5-9-15(10-6-13)21(27)25-17-3-1-2-4-18(17)26-22(28)16-11-7-14(8-12-16)20(24)30/h1-12H,(H2,23,29)(H2,24,30)(H,25,27)(H,26,28). The number of thiocarbonyl (C=S) groups is 2. The van der Waals surface area contributed by atoms with Crippen LogP contribution in [0.5, 0.6) is 0 Å². The predicted molar refractivity (Wildman–Crippen MR) is 127 cm³/mol. The van der Waals surface area contributed by atoms with Gasteiger partial charge in [-0.3, -0.25) is 9.59 Å². The van der Waals surface area contributed by atoms with Gasteiger partial charge in [0.1, 0.15) is 9.98 Å². The monoisotopic (exact) mass is 434 g/mol. The minimum absolute atomic E-state index is 0.260. The van der Waals surface area contributed by atoms with Crippen molar-refractivity contribution in [1.82, 2.24) is 0 Å². The van der Waals surface area contributed by atoms with E-state index in [9.17, 15) is 9.59 Å². The van der Waals surface area contributed by atoms with E-state index in [1.54, 1.807) is 72.8 Å². The Bertz CT molecular complexity index is 1040. The highest BCUT2D eigenvalue weighted by atomic mass is 32.1. The molecule has 0 spiro atoms. The average Bonchev–Trinajstić information content (AvgIpc) is 2.75. The Morgan fingerprint density at radius 1 is 0.567 bits per heavy atom. The summed E-state index contributed by atoms with van der Waals surface area (Å²) in [4.78, 5) is 25.7. The molecule has 0 bridgehead atoms. The summed E-state index contributed by atoms with van der Waals surface area (Å²) >= 11 is 9.84. The molecule has 0 aliphatic rings. The van der Waals surface area contributed by atoms with Crippen LogP contribution in [0.25, 0.3) is 0 Å². The van der Waals surface area contributed by atoms with Gasteiger partial charge in [-0.15, -0.1) is 0 Å². The molecule has 8 heteroatoms. The van der Waals surface area contributed by atoms with Gasteiger partial charge in [0.15, 0.2) is 0 Å². The molecule has 0 atom stereocenters. The van der Waals surface area contributed by atoms with Crippen LogP contribution in [0, 0.1) is 0 Å². The summed E-state index contributed by atoms with van der Waals surface area (Å²) in [5.41, 5.74) is 14.3. The maximum atomic E-state index is 12.6. The molecule has 0 aliphatic carbocycles. The van der Waals surface area contributed by atoms with Crippen molar-refractivity contribution in [1.29, 1.82) is 0 Å². The number of carbonyl (C=O) groups excluding carboxylic acids is 2. The number of hydrogen-bond acceptors (Lipinski definition) is 4. The molecule has 3 rings (SSSR count). The van der Waals surface area contributed by atoms with Crippen molar-refractivity contribution in [3.05, 3.63) is 95.1 Å². The van der Waals surface area contributed by atoms with Crippen molar-refractivity contribution in [3.8, 4) is 0 Å².